The number of carbonyl (C=O) groups is 1. The molecule has 1 amide bonds. The fraction of sp³-hybridized carbons (Fsp3) is 0.545. The molecule has 1 heterocycles. The predicted octanol–water partition coefficient (Wildman–Crippen LogP) is 0.657. The Labute approximate surface area is 107 Å². The first kappa shape index (κ1) is 14.7. The molecule has 1 atom stereocenters. The summed E-state index contributed by atoms with van der Waals surface area (Å²) in [6, 6.07) is 3.29. The summed E-state index contributed by atoms with van der Waals surface area (Å²) in [6.07, 6.45) is 1.06. The van der Waals surface area contributed by atoms with E-state index in [9.17, 15) is 13.2 Å². The zero-order valence-corrected chi connectivity index (χ0v) is 11.7. The lowest BCUT2D eigenvalue weighted by Crippen LogP contribution is -2.38. The van der Waals surface area contributed by atoms with Gasteiger partial charge in [-0.15, -0.1) is 0 Å². The molecule has 0 fully saturated rings. The first-order valence-corrected chi connectivity index (χ1v) is 7.32. The standard InChI is InChI=1S/C11H18N2O4S/c1-8-5-6-10(17-8)9(2)12-11(14)7-13(3)18(4,15)16/h5-6,9H,7H2,1-4H3,(H,12,14). The zero-order valence-electron chi connectivity index (χ0n) is 10.9. The van der Waals surface area contributed by atoms with Crippen LogP contribution in [-0.4, -0.2) is 38.5 Å². The van der Waals surface area contributed by atoms with Gasteiger partial charge in [-0.2, -0.15) is 4.31 Å². The molecule has 0 spiro atoms. The summed E-state index contributed by atoms with van der Waals surface area (Å²) >= 11 is 0. The van der Waals surface area contributed by atoms with Crippen LogP contribution in [0.25, 0.3) is 0 Å². The van der Waals surface area contributed by atoms with Crippen molar-refractivity contribution in [3.8, 4) is 0 Å². The molecule has 1 unspecified atom stereocenters. The van der Waals surface area contributed by atoms with Gasteiger partial charge in [0.2, 0.25) is 15.9 Å². The summed E-state index contributed by atoms with van der Waals surface area (Å²) in [5.74, 6) is 1.03. The van der Waals surface area contributed by atoms with Crippen molar-refractivity contribution >= 4 is 15.9 Å². The second kappa shape index (κ2) is 5.53. The molecule has 6 nitrogen and oxygen atoms in total. The number of rotatable bonds is 5. The van der Waals surface area contributed by atoms with E-state index in [0.717, 1.165) is 16.3 Å². The summed E-state index contributed by atoms with van der Waals surface area (Å²) in [5.41, 5.74) is 0. The van der Waals surface area contributed by atoms with Crippen LogP contribution < -0.4 is 5.32 Å². The Morgan fingerprint density at radius 3 is 2.56 bits per heavy atom. The van der Waals surface area contributed by atoms with Crippen LogP contribution in [0.4, 0.5) is 0 Å². The number of likely N-dealkylation sites (N-methyl/N-ethyl adjacent to an activating group) is 1. The Morgan fingerprint density at radius 1 is 1.50 bits per heavy atom. The largest absolute Gasteiger partial charge is 0.464 e. The average molecular weight is 274 g/mol. The molecule has 1 N–H and O–H groups in total. The highest BCUT2D eigenvalue weighted by molar-refractivity contribution is 7.88. The maximum absolute atomic E-state index is 11.6. The summed E-state index contributed by atoms with van der Waals surface area (Å²) in [5, 5.41) is 2.67. The topological polar surface area (TPSA) is 79.6 Å². The summed E-state index contributed by atoms with van der Waals surface area (Å²) in [7, 11) is -1.99. The second-order valence-corrected chi connectivity index (χ2v) is 6.35. The van der Waals surface area contributed by atoms with E-state index in [2.05, 4.69) is 5.32 Å². The van der Waals surface area contributed by atoms with Gasteiger partial charge < -0.3 is 9.73 Å². The van der Waals surface area contributed by atoms with Crippen molar-refractivity contribution in [3.05, 3.63) is 23.7 Å². The SMILES string of the molecule is Cc1ccc(C(C)NC(=O)CN(C)S(C)(=O)=O)o1. The number of hydrogen-bond donors (Lipinski definition) is 1. The number of hydrogen-bond acceptors (Lipinski definition) is 4. The van der Waals surface area contributed by atoms with E-state index in [4.69, 9.17) is 4.42 Å². The van der Waals surface area contributed by atoms with Gasteiger partial charge >= 0.3 is 0 Å². The van der Waals surface area contributed by atoms with Crippen molar-refractivity contribution in [3.63, 3.8) is 0 Å². The molecule has 0 bridgehead atoms. The van der Waals surface area contributed by atoms with E-state index in [1.54, 1.807) is 19.1 Å². The van der Waals surface area contributed by atoms with Crippen molar-refractivity contribution in [2.45, 2.75) is 19.9 Å². The molecule has 1 rings (SSSR count). The molecule has 0 saturated carbocycles. The van der Waals surface area contributed by atoms with Gasteiger partial charge in [0.15, 0.2) is 0 Å². The number of nitrogens with one attached hydrogen (secondary N) is 1. The summed E-state index contributed by atoms with van der Waals surface area (Å²) in [4.78, 5) is 11.6. The van der Waals surface area contributed by atoms with Gasteiger partial charge in [0.05, 0.1) is 18.8 Å². The number of sulfonamides is 1. The molecule has 7 heteroatoms. The van der Waals surface area contributed by atoms with E-state index in [0.29, 0.717) is 5.76 Å². The fourth-order valence-electron chi connectivity index (χ4n) is 1.36. The Morgan fingerprint density at radius 2 is 2.11 bits per heavy atom. The molecule has 0 aliphatic heterocycles. The number of nitrogens with zero attached hydrogens (tertiary/aromatic N) is 1. The Kier molecular flexibility index (Phi) is 4.53. The van der Waals surface area contributed by atoms with Gasteiger partial charge in [0, 0.05) is 7.05 Å². The Bertz CT molecular complexity index is 521. The van der Waals surface area contributed by atoms with Gasteiger partial charge in [0.25, 0.3) is 0 Å². The lowest BCUT2D eigenvalue weighted by molar-refractivity contribution is -0.121. The van der Waals surface area contributed by atoms with Gasteiger partial charge in [-0.1, -0.05) is 0 Å². The highest BCUT2D eigenvalue weighted by Gasteiger charge is 2.18. The number of aryl methyl sites for hydroxylation is 1. The van der Waals surface area contributed by atoms with Crippen LogP contribution in [0.2, 0.25) is 0 Å². The third kappa shape index (κ3) is 4.15. The molecule has 0 saturated heterocycles. The van der Waals surface area contributed by atoms with Gasteiger partial charge in [-0.05, 0) is 26.0 Å². The lowest BCUT2D eigenvalue weighted by Gasteiger charge is -2.16. The molecule has 1 aromatic rings. The zero-order chi connectivity index (χ0) is 13.9. The third-order valence-corrected chi connectivity index (χ3v) is 3.76. The smallest absolute Gasteiger partial charge is 0.235 e. The highest BCUT2D eigenvalue weighted by Crippen LogP contribution is 2.15. The summed E-state index contributed by atoms with van der Waals surface area (Å²) < 4.78 is 28.7. The van der Waals surface area contributed by atoms with E-state index in [1.165, 1.54) is 7.05 Å². The molecule has 18 heavy (non-hydrogen) atoms. The van der Waals surface area contributed by atoms with Crippen LogP contribution in [0.15, 0.2) is 16.5 Å². The van der Waals surface area contributed by atoms with Crippen LogP contribution in [-0.2, 0) is 14.8 Å². The normalized spacial score (nSPS) is 13.6. The van der Waals surface area contributed by atoms with Crippen molar-refractivity contribution in [1.82, 2.24) is 9.62 Å². The fourth-order valence-corrected chi connectivity index (χ4v) is 1.72. The molecule has 1 aromatic heterocycles. The molecule has 0 radical (unpaired) electrons. The maximum atomic E-state index is 11.6. The Hall–Kier alpha value is -1.34. The van der Waals surface area contributed by atoms with E-state index >= 15 is 0 Å². The van der Waals surface area contributed by atoms with Crippen LogP contribution in [0.1, 0.15) is 24.5 Å². The quantitative estimate of drug-likeness (QED) is 0.855. The Balaban J connectivity index is 2.55. The first-order chi connectivity index (χ1) is 8.20. The van der Waals surface area contributed by atoms with Gasteiger partial charge in [0.1, 0.15) is 11.5 Å². The van der Waals surface area contributed by atoms with Crippen molar-refractivity contribution in [2.75, 3.05) is 19.8 Å². The average Bonchev–Trinajstić information content (AvgIpc) is 2.63. The van der Waals surface area contributed by atoms with Crippen LogP contribution >= 0.6 is 0 Å². The summed E-state index contributed by atoms with van der Waals surface area (Å²) in [6.45, 7) is 3.38. The van der Waals surface area contributed by atoms with Crippen LogP contribution in [0, 0.1) is 6.92 Å². The highest BCUT2D eigenvalue weighted by atomic mass is 32.2. The van der Waals surface area contributed by atoms with Crippen molar-refractivity contribution in [1.29, 1.82) is 0 Å². The monoisotopic (exact) mass is 274 g/mol. The molecule has 102 valence electrons. The number of carbonyl (C=O) groups excluding carboxylic acids is 1. The third-order valence-electron chi connectivity index (χ3n) is 2.50. The van der Waals surface area contributed by atoms with Gasteiger partial charge in [-0.25, -0.2) is 8.42 Å². The van der Waals surface area contributed by atoms with Gasteiger partial charge in [-0.3, -0.25) is 4.79 Å². The van der Waals surface area contributed by atoms with E-state index < -0.39 is 10.0 Å². The molecule has 0 aliphatic carbocycles. The van der Waals surface area contributed by atoms with Crippen molar-refractivity contribution < 1.29 is 17.6 Å². The minimum Gasteiger partial charge on any atom is -0.464 e. The first-order valence-electron chi connectivity index (χ1n) is 5.47. The van der Waals surface area contributed by atoms with E-state index in [-0.39, 0.29) is 18.5 Å². The van der Waals surface area contributed by atoms with Crippen LogP contribution in [0.3, 0.4) is 0 Å². The predicted molar refractivity (Wildman–Crippen MR) is 67.5 cm³/mol. The number of furan rings is 1. The minimum atomic E-state index is -3.35. The van der Waals surface area contributed by atoms with Crippen LogP contribution in [0.5, 0.6) is 0 Å². The lowest BCUT2D eigenvalue weighted by atomic mass is 10.2. The van der Waals surface area contributed by atoms with Crippen molar-refractivity contribution in [2.24, 2.45) is 0 Å². The molecular weight excluding hydrogens is 256 g/mol. The minimum absolute atomic E-state index is 0.205. The molecule has 0 aliphatic rings. The molecular formula is C11H18N2O4S. The maximum Gasteiger partial charge on any atom is 0.235 e. The van der Waals surface area contributed by atoms with E-state index in [1.807, 2.05) is 6.92 Å². The second-order valence-electron chi connectivity index (χ2n) is 4.26. The molecule has 0 aromatic carbocycles. The number of amides is 1.